The number of nitrogens with zero attached hydrogens (tertiary/aromatic N) is 1. The van der Waals surface area contributed by atoms with Gasteiger partial charge in [0, 0.05) is 11.6 Å². The van der Waals surface area contributed by atoms with E-state index >= 15 is 0 Å². The first-order valence-electron chi connectivity index (χ1n) is 7.02. The molecule has 0 fully saturated rings. The third kappa shape index (κ3) is 3.43. The van der Waals surface area contributed by atoms with Gasteiger partial charge in [-0.25, -0.2) is 8.42 Å². The molecule has 2 rings (SSSR count). The molecule has 0 heterocycles. The molecule has 1 amide bonds. The average molecular weight is 348 g/mol. The number of nitro groups is 1. The van der Waals surface area contributed by atoms with Crippen LogP contribution in [-0.2, 0) is 14.6 Å². The Morgan fingerprint density at radius 2 is 1.75 bits per heavy atom. The van der Waals surface area contributed by atoms with Crippen molar-refractivity contribution in [2.24, 2.45) is 0 Å². The first kappa shape index (κ1) is 17.6. The summed E-state index contributed by atoms with van der Waals surface area (Å²) in [7, 11) is -3.90. The molecule has 0 aromatic heterocycles. The Labute approximate surface area is 139 Å². The topological polar surface area (TPSA) is 106 Å². The number of carbonyl (C=O) groups excluding carboxylic acids is 1. The van der Waals surface area contributed by atoms with Crippen molar-refractivity contribution in [3.05, 3.63) is 69.3 Å². The van der Waals surface area contributed by atoms with Crippen LogP contribution in [0.5, 0.6) is 0 Å². The summed E-state index contributed by atoms with van der Waals surface area (Å²) in [6.45, 7) is 3.34. The second kappa shape index (κ2) is 6.79. The van der Waals surface area contributed by atoms with Crippen molar-refractivity contribution < 1.29 is 18.1 Å². The lowest BCUT2D eigenvalue weighted by Crippen LogP contribution is -2.28. The minimum atomic E-state index is -3.90. The number of amides is 1. The van der Waals surface area contributed by atoms with Crippen molar-refractivity contribution >= 4 is 21.9 Å². The Morgan fingerprint density at radius 3 is 2.25 bits per heavy atom. The number of sulfone groups is 1. The highest BCUT2D eigenvalue weighted by atomic mass is 32.2. The zero-order chi connectivity index (χ0) is 17.9. The second-order valence-corrected chi connectivity index (χ2v) is 7.36. The molecule has 24 heavy (non-hydrogen) atoms. The van der Waals surface area contributed by atoms with Gasteiger partial charge in [0.15, 0.2) is 5.37 Å². The van der Waals surface area contributed by atoms with Gasteiger partial charge in [-0.3, -0.25) is 14.9 Å². The maximum absolute atomic E-state index is 12.8. The number of hydrogen-bond donors (Lipinski definition) is 1. The molecule has 2 aromatic rings. The molecule has 0 bridgehead atoms. The highest BCUT2D eigenvalue weighted by molar-refractivity contribution is 7.91. The van der Waals surface area contributed by atoms with E-state index in [2.05, 4.69) is 5.32 Å². The van der Waals surface area contributed by atoms with Gasteiger partial charge in [-0.05, 0) is 43.7 Å². The quantitative estimate of drug-likeness (QED) is 0.490. The standard InChI is InChI=1S/C16H16N2O5S/c1-11-3-6-14(7-4-11)24(22,23)16(17-10-19)13-5-8-15(18(20)21)12(2)9-13/h3-10,16H,1-2H3,(H,17,19). The van der Waals surface area contributed by atoms with E-state index in [4.69, 9.17) is 0 Å². The number of nitrogens with one attached hydrogen (secondary N) is 1. The Kier molecular flexibility index (Phi) is 4.99. The molecular weight excluding hydrogens is 332 g/mol. The minimum Gasteiger partial charge on any atom is -0.338 e. The van der Waals surface area contributed by atoms with Crippen molar-refractivity contribution in [1.29, 1.82) is 0 Å². The first-order valence-corrected chi connectivity index (χ1v) is 8.57. The van der Waals surface area contributed by atoms with E-state index in [0.717, 1.165) is 5.56 Å². The maximum Gasteiger partial charge on any atom is 0.272 e. The minimum absolute atomic E-state index is 0.0588. The zero-order valence-electron chi connectivity index (χ0n) is 13.1. The van der Waals surface area contributed by atoms with Crippen molar-refractivity contribution in [3.8, 4) is 0 Å². The molecular formula is C16H16N2O5S. The Bertz CT molecular complexity index is 876. The summed E-state index contributed by atoms with van der Waals surface area (Å²) < 4.78 is 25.6. The van der Waals surface area contributed by atoms with Crippen LogP contribution in [0.3, 0.4) is 0 Å². The number of rotatable bonds is 6. The zero-order valence-corrected chi connectivity index (χ0v) is 13.9. The Hall–Kier alpha value is -2.74. The third-order valence-corrected chi connectivity index (χ3v) is 5.56. The molecule has 0 aliphatic carbocycles. The lowest BCUT2D eigenvalue weighted by molar-refractivity contribution is -0.385. The van der Waals surface area contributed by atoms with E-state index in [0.29, 0.717) is 12.0 Å². The first-order chi connectivity index (χ1) is 11.3. The van der Waals surface area contributed by atoms with Crippen LogP contribution in [0, 0.1) is 24.0 Å². The molecule has 0 aliphatic rings. The van der Waals surface area contributed by atoms with E-state index < -0.39 is 20.1 Å². The highest BCUT2D eigenvalue weighted by Gasteiger charge is 2.29. The van der Waals surface area contributed by atoms with E-state index in [1.54, 1.807) is 12.1 Å². The van der Waals surface area contributed by atoms with Gasteiger partial charge in [0.1, 0.15) is 0 Å². The highest BCUT2D eigenvalue weighted by Crippen LogP contribution is 2.29. The van der Waals surface area contributed by atoms with Crippen molar-refractivity contribution in [1.82, 2.24) is 5.32 Å². The summed E-state index contributed by atoms with van der Waals surface area (Å²) >= 11 is 0. The summed E-state index contributed by atoms with van der Waals surface area (Å²) in [6.07, 6.45) is 0.299. The summed E-state index contributed by atoms with van der Waals surface area (Å²) in [5, 5.41) is 11.9. The fourth-order valence-corrected chi connectivity index (χ4v) is 3.86. The predicted octanol–water partition coefficient (Wildman–Crippen LogP) is 2.43. The van der Waals surface area contributed by atoms with Crippen LogP contribution in [-0.4, -0.2) is 19.8 Å². The molecule has 1 N–H and O–H groups in total. The molecule has 0 spiro atoms. The molecule has 0 saturated carbocycles. The molecule has 1 atom stereocenters. The summed E-state index contributed by atoms with van der Waals surface area (Å²) in [5.41, 5.74) is 1.36. The number of nitro benzene ring substituents is 1. The van der Waals surface area contributed by atoms with Crippen LogP contribution >= 0.6 is 0 Å². The lowest BCUT2D eigenvalue weighted by Gasteiger charge is -2.18. The van der Waals surface area contributed by atoms with Crippen molar-refractivity contribution in [3.63, 3.8) is 0 Å². The molecule has 0 radical (unpaired) electrons. The molecule has 8 heteroatoms. The van der Waals surface area contributed by atoms with Gasteiger partial charge in [0.05, 0.1) is 9.82 Å². The number of aryl methyl sites for hydroxylation is 2. The van der Waals surface area contributed by atoms with Crippen LogP contribution in [0.15, 0.2) is 47.4 Å². The predicted molar refractivity (Wildman–Crippen MR) is 88.1 cm³/mol. The van der Waals surface area contributed by atoms with Gasteiger partial charge >= 0.3 is 0 Å². The van der Waals surface area contributed by atoms with Crippen LogP contribution in [0.1, 0.15) is 22.1 Å². The molecule has 1 unspecified atom stereocenters. The maximum atomic E-state index is 12.8. The van der Waals surface area contributed by atoms with Crippen LogP contribution < -0.4 is 5.32 Å². The van der Waals surface area contributed by atoms with Crippen molar-refractivity contribution in [2.45, 2.75) is 24.1 Å². The summed E-state index contributed by atoms with van der Waals surface area (Å²) in [6, 6.07) is 10.2. The third-order valence-electron chi connectivity index (χ3n) is 3.60. The summed E-state index contributed by atoms with van der Waals surface area (Å²) in [5.74, 6) is 0. The Morgan fingerprint density at radius 1 is 1.12 bits per heavy atom. The monoisotopic (exact) mass is 348 g/mol. The van der Waals surface area contributed by atoms with Gasteiger partial charge in [-0.15, -0.1) is 0 Å². The summed E-state index contributed by atoms with van der Waals surface area (Å²) in [4.78, 5) is 21.3. The van der Waals surface area contributed by atoms with Crippen LogP contribution in [0.4, 0.5) is 5.69 Å². The van der Waals surface area contributed by atoms with Crippen molar-refractivity contribution in [2.75, 3.05) is 0 Å². The van der Waals surface area contributed by atoms with Gasteiger partial charge < -0.3 is 5.32 Å². The van der Waals surface area contributed by atoms with Gasteiger partial charge in [0.2, 0.25) is 16.2 Å². The number of benzene rings is 2. The van der Waals surface area contributed by atoms with Gasteiger partial charge in [0.25, 0.3) is 5.69 Å². The van der Waals surface area contributed by atoms with Crippen LogP contribution in [0.25, 0.3) is 0 Å². The SMILES string of the molecule is Cc1ccc(S(=O)(=O)C(NC=O)c2ccc([N+](=O)[O-])c(C)c2)cc1. The lowest BCUT2D eigenvalue weighted by atomic mass is 10.1. The van der Waals surface area contributed by atoms with E-state index in [1.807, 2.05) is 6.92 Å². The normalized spacial score (nSPS) is 12.4. The molecule has 2 aromatic carbocycles. The number of carbonyl (C=O) groups is 1. The fraction of sp³-hybridized carbons (Fsp3) is 0.188. The van der Waals surface area contributed by atoms with E-state index in [-0.39, 0.29) is 16.1 Å². The van der Waals surface area contributed by atoms with Crippen LogP contribution in [0.2, 0.25) is 0 Å². The number of hydrogen-bond acceptors (Lipinski definition) is 5. The largest absolute Gasteiger partial charge is 0.338 e. The molecule has 7 nitrogen and oxygen atoms in total. The molecule has 0 aliphatic heterocycles. The van der Waals surface area contributed by atoms with E-state index in [9.17, 15) is 23.3 Å². The Balaban J connectivity index is 2.53. The average Bonchev–Trinajstić information content (AvgIpc) is 2.52. The smallest absolute Gasteiger partial charge is 0.272 e. The van der Waals surface area contributed by atoms with Gasteiger partial charge in [-0.1, -0.05) is 17.7 Å². The fourth-order valence-electron chi connectivity index (χ4n) is 2.34. The van der Waals surface area contributed by atoms with Gasteiger partial charge in [-0.2, -0.15) is 0 Å². The van der Waals surface area contributed by atoms with E-state index in [1.165, 1.54) is 37.3 Å². The molecule has 0 saturated heterocycles. The second-order valence-electron chi connectivity index (χ2n) is 5.33. The molecule has 126 valence electrons.